The van der Waals surface area contributed by atoms with E-state index in [0.29, 0.717) is 30.7 Å². The van der Waals surface area contributed by atoms with Crippen LogP contribution in [0.4, 0.5) is 0 Å². The van der Waals surface area contributed by atoms with Crippen LogP contribution < -0.4 is 10.6 Å². The van der Waals surface area contributed by atoms with E-state index in [1.54, 1.807) is 6.26 Å². The molecule has 7 heteroatoms. The predicted octanol–water partition coefficient (Wildman–Crippen LogP) is 2.94. The van der Waals surface area contributed by atoms with Gasteiger partial charge in [-0.05, 0) is 39.8 Å². The number of rotatable bonds is 7. The van der Waals surface area contributed by atoms with Crippen LogP contribution >= 0.6 is 0 Å². The monoisotopic (exact) mass is 376 g/mol. The molecule has 1 aromatic carbocycles. The Bertz CT molecular complexity index is 735. The quantitative estimate of drug-likeness (QED) is 0.574. The molecule has 6 nitrogen and oxygen atoms in total. The van der Waals surface area contributed by atoms with Gasteiger partial charge in [0.15, 0.2) is 5.96 Å². The molecule has 0 spiro atoms. The summed E-state index contributed by atoms with van der Waals surface area (Å²) in [5, 5.41) is 6.41. The molecule has 0 radical (unpaired) electrons. The zero-order valence-corrected chi connectivity index (χ0v) is 16.7. The van der Waals surface area contributed by atoms with Crippen molar-refractivity contribution in [3.8, 4) is 11.5 Å². The maximum atomic E-state index is 12.1. The van der Waals surface area contributed by atoms with Crippen LogP contribution in [0, 0.1) is 0 Å². The Hall–Kier alpha value is -2.15. The van der Waals surface area contributed by atoms with Crippen LogP contribution in [0.15, 0.2) is 46.0 Å². The SMILES string of the molecule is CCNC(=NCc1coc(-c2ccccc2)n1)NCCS(=O)C(C)(C)C. The molecule has 0 aliphatic carbocycles. The first kappa shape index (κ1) is 20.2. The van der Waals surface area contributed by atoms with Crippen LogP contribution in [0.1, 0.15) is 33.4 Å². The van der Waals surface area contributed by atoms with Crippen molar-refractivity contribution in [1.29, 1.82) is 0 Å². The van der Waals surface area contributed by atoms with E-state index in [1.807, 2.05) is 58.0 Å². The van der Waals surface area contributed by atoms with Gasteiger partial charge in [-0.15, -0.1) is 0 Å². The van der Waals surface area contributed by atoms with Gasteiger partial charge in [0.2, 0.25) is 5.89 Å². The van der Waals surface area contributed by atoms with Crippen LogP contribution in [0.5, 0.6) is 0 Å². The fourth-order valence-electron chi connectivity index (χ4n) is 2.16. The van der Waals surface area contributed by atoms with Gasteiger partial charge in [0.05, 0.1) is 6.54 Å². The number of hydrogen-bond acceptors (Lipinski definition) is 4. The molecule has 0 bridgehead atoms. The third-order valence-electron chi connectivity index (χ3n) is 3.58. The third-order valence-corrected chi connectivity index (χ3v) is 5.52. The van der Waals surface area contributed by atoms with Crippen molar-refractivity contribution in [1.82, 2.24) is 15.6 Å². The molecule has 0 fully saturated rings. The zero-order valence-electron chi connectivity index (χ0n) is 15.9. The standard InChI is InChI=1S/C19H28N4O2S/c1-5-20-18(21-11-12-26(24)19(2,3)4)22-13-16-14-25-17(23-16)15-9-7-6-8-10-15/h6-10,14H,5,11-13H2,1-4H3,(H2,20,21,22). The van der Waals surface area contributed by atoms with E-state index < -0.39 is 10.8 Å². The van der Waals surface area contributed by atoms with Gasteiger partial charge in [0, 0.05) is 40.0 Å². The first-order valence-corrected chi connectivity index (χ1v) is 10.1. The highest BCUT2D eigenvalue weighted by molar-refractivity contribution is 7.86. The molecule has 0 saturated carbocycles. The maximum absolute atomic E-state index is 12.1. The average molecular weight is 377 g/mol. The van der Waals surface area contributed by atoms with E-state index in [-0.39, 0.29) is 4.75 Å². The normalized spacial score (nSPS) is 13.5. The molecule has 2 rings (SSSR count). The minimum Gasteiger partial charge on any atom is -0.444 e. The van der Waals surface area contributed by atoms with Gasteiger partial charge in [-0.1, -0.05) is 18.2 Å². The molecule has 0 saturated heterocycles. The largest absolute Gasteiger partial charge is 0.444 e. The van der Waals surface area contributed by atoms with Crippen molar-refractivity contribution in [2.24, 2.45) is 4.99 Å². The number of nitrogens with one attached hydrogen (secondary N) is 2. The van der Waals surface area contributed by atoms with Gasteiger partial charge in [0.25, 0.3) is 0 Å². The van der Waals surface area contributed by atoms with Crippen LogP contribution in [0.25, 0.3) is 11.5 Å². The van der Waals surface area contributed by atoms with Crippen LogP contribution in [-0.2, 0) is 17.3 Å². The van der Waals surface area contributed by atoms with Crippen molar-refractivity contribution >= 4 is 16.8 Å². The summed E-state index contributed by atoms with van der Waals surface area (Å²) < 4.78 is 17.4. The molecule has 1 unspecified atom stereocenters. The smallest absolute Gasteiger partial charge is 0.226 e. The van der Waals surface area contributed by atoms with Gasteiger partial charge >= 0.3 is 0 Å². The summed E-state index contributed by atoms with van der Waals surface area (Å²) in [5.74, 6) is 1.85. The van der Waals surface area contributed by atoms with Crippen LogP contribution in [-0.4, -0.2) is 38.7 Å². The molecular formula is C19H28N4O2S. The number of hydrogen-bond donors (Lipinski definition) is 2. The summed E-state index contributed by atoms with van der Waals surface area (Å²) in [5.41, 5.74) is 1.71. The predicted molar refractivity (Wildman–Crippen MR) is 108 cm³/mol. The van der Waals surface area contributed by atoms with E-state index in [2.05, 4.69) is 20.6 Å². The molecule has 1 heterocycles. The molecule has 26 heavy (non-hydrogen) atoms. The second kappa shape index (κ2) is 9.52. The topological polar surface area (TPSA) is 79.5 Å². The Labute approximate surface area is 158 Å². The van der Waals surface area contributed by atoms with Crippen molar-refractivity contribution in [2.45, 2.75) is 39.0 Å². The Morgan fingerprint density at radius 3 is 2.62 bits per heavy atom. The highest BCUT2D eigenvalue weighted by Gasteiger charge is 2.18. The average Bonchev–Trinajstić information content (AvgIpc) is 3.08. The van der Waals surface area contributed by atoms with Gasteiger partial charge in [0.1, 0.15) is 12.0 Å². The van der Waals surface area contributed by atoms with Gasteiger partial charge in [-0.2, -0.15) is 0 Å². The Morgan fingerprint density at radius 1 is 1.23 bits per heavy atom. The molecule has 2 N–H and O–H groups in total. The minimum atomic E-state index is -0.888. The lowest BCUT2D eigenvalue weighted by atomic mass is 10.2. The molecule has 1 aromatic heterocycles. The summed E-state index contributed by atoms with van der Waals surface area (Å²) in [7, 11) is -0.888. The fourth-order valence-corrected chi connectivity index (χ4v) is 3.06. The van der Waals surface area contributed by atoms with Gasteiger partial charge in [-0.25, -0.2) is 9.98 Å². The first-order chi connectivity index (χ1) is 12.4. The number of oxazole rings is 1. The second-order valence-electron chi connectivity index (χ2n) is 6.79. The Kier molecular flexibility index (Phi) is 7.38. The number of benzene rings is 1. The van der Waals surface area contributed by atoms with Crippen LogP contribution in [0.3, 0.4) is 0 Å². The van der Waals surface area contributed by atoms with Gasteiger partial charge in [-0.3, -0.25) is 4.21 Å². The van der Waals surface area contributed by atoms with E-state index >= 15 is 0 Å². The zero-order chi connectivity index (χ0) is 19.0. The molecule has 0 amide bonds. The Morgan fingerprint density at radius 2 is 1.96 bits per heavy atom. The third kappa shape index (κ3) is 6.29. The molecule has 142 valence electrons. The van der Waals surface area contributed by atoms with Crippen molar-refractivity contribution < 1.29 is 8.63 Å². The number of nitrogens with zero attached hydrogens (tertiary/aromatic N) is 2. The molecule has 0 aliphatic heterocycles. The summed E-state index contributed by atoms with van der Waals surface area (Å²) in [6.45, 7) is 9.72. The number of aromatic nitrogens is 1. The van der Waals surface area contributed by atoms with Crippen molar-refractivity contribution in [2.75, 3.05) is 18.8 Å². The molecule has 0 aliphatic rings. The maximum Gasteiger partial charge on any atom is 0.226 e. The molecular weight excluding hydrogens is 348 g/mol. The van der Waals surface area contributed by atoms with Gasteiger partial charge < -0.3 is 15.1 Å². The lowest BCUT2D eigenvalue weighted by Gasteiger charge is -2.18. The first-order valence-electron chi connectivity index (χ1n) is 8.80. The summed E-state index contributed by atoms with van der Waals surface area (Å²) in [4.78, 5) is 9.00. The molecule has 2 aromatic rings. The summed E-state index contributed by atoms with van der Waals surface area (Å²) in [6, 6.07) is 9.77. The highest BCUT2D eigenvalue weighted by Crippen LogP contribution is 2.18. The summed E-state index contributed by atoms with van der Waals surface area (Å²) >= 11 is 0. The lowest BCUT2D eigenvalue weighted by molar-refractivity contribution is 0.572. The lowest BCUT2D eigenvalue weighted by Crippen LogP contribution is -2.40. The number of aliphatic imine (C=N–C) groups is 1. The van der Waals surface area contributed by atoms with E-state index in [9.17, 15) is 4.21 Å². The van der Waals surface area contributed by atoms with Crippen LogP contribution in [0.2, 0.25) is 0 Å². The van der Waals surface area contributed by atoms with E-state index in [4.69, 9.17) is 4.42 Å². The molecule has 1 atom stereocenters. The minimum absolute atomic E-state index is 0.203. The second-order valence-corrected chi connectivity index (χ2v) is 9.12. The fraction of sp³-hybridized carbons (Fsp3) is 0.474. The highest BCUT2D eigenvalue weighted by atomic mass is 32.2. The van der Waals surface area contributed by atoms with Crippen molar-refractivity contribution in [3.63, 3.8) is 0 Å². The Balaban J connectivity index is 1.92. The van der Waals surface area contributed by atoms with E-state index in [0.717, 1.165) is 17.8 Å². The van der Waals surface area contributed by atoms with E-state index in [1.165, 1.54) is 0 Å². The summed E-state index contributed by atoms with van der Waals surface area (Å²) in [6.07, 6.45) is 1.63. The number of guanidine groups is 1. The van der Waals surface area contributed by atoms with Crippen molar-refractivity contribution in [3.05, 3.63) is 42.3 Å².